The number of carbonyl (C=O) groups is 1. The second-order valence-electron chi connectivity index (χ2n) is 9.98. The lowest BCUT2D eigenvalue weighted by atomic mass is 9.80. The maximum atomic E-state index is 14.0. The topological polar surface area (TPSA) is 46.5 Å². The van der Waals surface area contributed by atoms with Gasteiger partial charge in [0.05, 0.1) is 26.1 Å². The SMILES string of the molecule is C=C(C)C[N+]1(C)CC2CC[C@@H]1C2OC(=O)[C@](O)(c1ccccc1)[C@@H]1CCC(F)(F)C1. The smallest absolute Gasteiger partial charge is 0.343 e. The van der Waals surface area contributed by atoms with E-state index in [1.54, 1.807) is 30.3 Å². The minimum Gasteiger partial charge on any atom is -0.453 e. The number of esters is 1. The number of piperidine rings is 1. The summed E-state index contributed by atoms with van der Waals surface area (Å²) in [6, 6.07) is 8.60. The molecule has 0 spiro atoms. The molecule has 2 bridgehead atoms. The molecule has 1 heterocycles. The first-order valence-electron chi connectivity index (χ1n) is 10.9. The van der Waals surface area contributed by atoms with Gasteiger partial charge in [-0.15, -0.1) is 0 Å². The van der Waals surface area contributed by atoms with Crippen molar-refractivity contribution in [3.05, 3.63) is 48.0 Å². The fraction of sp³-hybridized carbons (Fsp3) is 0.625. The van der Waals surface area contributed by atoms with E-state index in [2.05, 4.69) is 13.6 Å². The molecule has 0 radical (unpaired) electrons. The number of likely N-dealkylation sites (N-methyl/N-ethyl adjacent to an activating group) is 1. The molecule has 1 N–H and O–H groups in total. The average molecular weight is 421 g/mol. The van der Waals surface area contributed by atoms with Gasteiger partial charge in [-0.3, -0.25) is 0 Å². The third-order valence-electron chi connectivity index (χ3n) is 7.52. The van der Waals surface area contributed by atoms with Gasteiger partial charge in [0, 0.05) is 25.2 Å². The molecule has 4 rings (SSSR count). The third kappa shape index (κ3) is 3.58. The molecule has 6 atom stereocenters. The van der Waals surface area contributed by atoms with Crippen LogP contribution in [0.3, 0.4) is 0 Å². The fourth-order valence-corrected chi connectivity index (χ4v) is 6.27. The Morgan fingerprint density at radius 3 is 2.60 bits per heavy atom. The van der Waals surface area contributed by atoms with Gasteiger partial charge in [0.15, 0.2) is 11.7 Å². The normalized spacial score (nSPS) is 36.4. The van der Waals surface area contributed by atoms with E-state index >= 15 is 0 Å². The lowest BCUT2D eigenvalue weighted by Gasteiger charge is -2.39. The van der Waals surface area contributed by atoms with E-state index in [0.29, 0.717) is 5.56 Å². The molecular formula is C24H32F2NO3+. The second-order valence-corrected chi connectivity index (χ2v) is 9.98. The van der Waals surface area contributed by atoms with Crippen LogP contribution in [0.5, 0.6) is 0 Å². The summed E-state index contributed by atoms with van der Waals surface area (Å²) < 4.78 is 34.8. The molecule has 164 valence electrons. The molecule has 3 aliphatic rings. The van der Waals surface area contributed by atoms with Crippen molar-refractivity contribution in [1.29, 1.82) is 0 Å². The molecule has 4 nitrogen and oxygen atoms in total. The number of quaternary nitrogens is 1. The molecular weight excluding hydrogens is 388 g/mol. The van der Waals surface area contributed by atoms with Gasteiger partial charge in [0.2, 0.25) is 5.92 Å². The van der Waals surface area contributed by atoms with Gasteiger partial charge in [-0.25, -0.2) is 13.6 Å². The van der Waals surface area contributed by atoms with Crippen LogP contribution in [0, 0.1) is 11.8 Å². The van der Waals surface area contributed by atoms with E-state index in [4.69, 9.17) is 4.74 Å². The van der Waals surface area contributed by atoms with Crippen molar-refractivity contribution in [1.82, 2.24) is 0 Å². The quantitative estimate of drug-likeness (QED) is 0.429. The van der Waals surface area contributed by atoms with Crippen LogP contribution in [0.25, 0.3) is 0 Å². The van der Waals surface area contributed by atoms with Gasteiger partial charge in [-0.2, -0.15) is 0 Å². The fourth-order valence-electron chi connectivity index (χ4n) is 6.27. The minimum absolute atomic E-state index is 0.0917. The van der Waals surface area contributed by atoms with Crippen LogP contribution in [0.4, 0.5) is 8.78 Å². The van der Waals surface area contributed by atoms with Crippen LogP contribution in [-0.2, 0) is 15.1 Å². The summed E-state index contributed by atoms with van der Waals surface area (Å²) in [5.74, 6) is -4.27. The first-order chi connectivity index (χ1) is 14.1. The Labute approximate surface area is 177 Å². The Bertz CT molecular complexity index is 829. The number of halogens is 2. The zero-order valence-corrected chi connectivity index (χ0v) is 17.8. The summed E-state index contributed by atoms with van der Waals surface area (Å²) in [6.45, 7) is 7.78. The summed E-state index contributed by atoms with van der Waals surface area (Å²) in [6.07, 6.45) is 0.917. The zero-order valence-electron chi connectivity index (χ0n) is 17.8. The van der Waals surface area contributed by atoms with E-state index in [0.717, 1.165) is 36.0 Å². The summed E-state index contributed by atoms with van der Waals surface area (Å²) in [5.41, 5.74) is -0.632. The van der Waals surface area contributed by atoms with Crippen molar-refractivity contribution < 1.29 is 27.9 Å². The number of carbonyl (C=O) groups excluding carboxylic acids is 1. The first kappa shape index (κ1) is 21.4. The number of fused-ring (bicyclic) bond motifs is 2. The van der Waals surface area contributed by atoms with Gasteiger partial charge < -0.3 is 14.3 Å². The largest absolute Gasteiger partial charge is 0.453 e. The van der Waals surface area contributed by atoms with Crippen molar-refractivity contribution in [3.8, 4) is 0 Å². The van der Waals surface area contributed by atoms with E-state index in [1.165, 1.54) is 0 Å². The van der Waals surface area contributed by atoms with E-state index in [9.17, 15) is 18.7 Å². The number of alkyl halides is 2. The number of ether oxygens (including phenoxy) is 1. The average Bonchev–Trinajstić information content (AvgIpc) is 3.31. The Kier molecular flexibility index (Phi) is 5.30. The molecule has 2 saturated carbocycles. The van der Waals surface area contributed by atoms with Gasteiger partial charge in [-0.05, 0) is 30.9 Å². The van der Waals surface area contributed by atoms with E-state index in [-0.39, 0.29) is 30.9 Å². The maximum absolute atomic E-state index is 14.0. The first-order valence-corrected chi connectivity index (χ1v) is 10.9. The van der Waals surface area contributed by atoms with Crippen LogP contribution in [0.1, 0.15) is 44.6 Å². The van der Waals surface area contributed by atoms with Crippen LogP contribution < -0.4 is 0 Å². The van der Waals surface area contributed by atoms with Crippen LogP contribution >= 0.6 is 0 Å². The number of nitrogens with zero attached hydrogens (tertiary/aromatic N) is 1. The molecule has 30 heavy (non-hydrogen) atoms. The molecule has 1 aromatic rings. The van der Waals surface area contributed by atoms with Crippen molar-refractivity contribution >= 4 is 5.97 Å². The highest BCUT2D eigenvalue weighted by molar-refractivity contribution is 5.82. The number of hydrogen-bond acceptors (Lipinski definition) is 3. The Morgan fingerprint density at radius 1 is 1.30 bits per heavy atom. The number of likely N-dealkylation sites (tertiary alicyclic amines) is 1. The minimum atomic E-state index is -2.86. The van der Waals surface area contributed by atoms with Crippen molar-refractivity contribution in [2.75, 3.05) is 20.1 Å². The summed E-state index contributed by atoms with van der Waals surface area (Å²) in [5, 5.41) is 11.6. The van der Waals surface area contributed by atoms with Crippen molar-refractivity contribution in [2.24, 2.45) is 11.8 Å². The highest BCUT2D eigenvalue weighted by Crippen LogP contribution is 2.50. The standard InChI is InChI=1S/C24H32F2NO3/c1-16(2)14-27(3)15-17-9-10-20(27)21(17)30-22(28)24(29,18-7-5-4-6-8-18)19-11-12-23(25,26)13-19/h4-8,17,19-21,29H,1,9-15H2,2-3H3/q+1/t17?,19-,20-,21?,24+,27?/m1/s1. The number of benzene rings is 1. The summed E-state index contributed by atoms with van der Waals surface area (Å²) in [4.78, 5) is 13.4. The van der Waals surface area contributed by atoms with Crippen LogP contribution in [0.15, 0.2) is 42.5 Å². The molecule has 1 aliphatic heterocycles. The van der Waals surface area contributed by atoms with E-state index < -0.39 is 29.8 Å². The molecule has 0 aromatic heterocycles. The third-order valence-corrected chi connectivity index (χ3v) is 7.52. The predicted molar refractivity (Wildman–Crippen MR) is 110 cm³/mol. The number of hydrogen-bond donors (Lipinski definition) is 1. The van der Waals surface area contributed by atoms with Crippen molar-refractivity contribution in [3.63, 3.8) is 0 Å². The molecule has 2 aliphatic carbocycles. The number of rotatable bonds is 6. The van der Waals surface area contributed by atoms with Crippen LogP contribution in [0.2, 0.25) is 0 Å². The Balaban J connectivity index is 1.60. The molecule has 1 saturated heterocycles. The lowest BCUT2D eigenvalue weighted by molar-refractivity contribution is -0.922. The predicted octanol–water partition coefficient (Wildman–Crippen LogP) is 4.04. The van der Waals surface area contributed by atoms with Gasteiger partial charge in [0.25, 0.3) is 0 Å². The summed E-state index contributed by atoms with van der Waals surface area (Å²) >= 11 is 0. The zero-order chi connectivity index (χ0) is 21.7. The molecule has 0 amide bonds. The highest BCUT2D eigenvalue weighted by Gasteiger charge is 2.60. The van der Waals surface area contributed by atoms with Gasteiger partial charge >= 0.3 is 5.97 Å². The Morgan fingerprint density at radius 2 is 2.00 bits per heavy atom. The van der Waals surface area contributed by atoms with Gasteiger partial charge in [-0.1, -0.05) is 36.9 Å². The monoisotopic (exact) mass is 420 g/mol. The number of aliphatic hydroxyl groups is 1. The Hall–Kier alpha value is -1.79. The van der Waals surface area contributed by atoms with Gasteiger partial charge in [0.1, 0.15) is 6.04 Å². The summed E-state index contributed by atoms with van der Waals surface area (Å²) in [7, 11) is 2.17. The molecule has 3 fully saturated rings. The van der Waals surface area contributed by atoms with Crippen molar-refractivity contribution in [2.45, 2.75) is 62.7 Å². The maximum Gasteiger partial charge on any atom is 0.343 e. The second kappa shape index (κ2) is 7.41. The van der Waals surface area contributed by atoms with Crippen LogP contribution in [-0.4, -0.2) is 53.8 Å². The molecule has 1 aromatic carbocycles. The molecule has 3 unspecified atom stereocenters. The highest BCUT2D eigenvalue weighted by atomic mass is 19.3. The molecule has 6 heteroatoms. The lowest BCUT2D eigenvalue weighted by Crippen LogP contribution is -2.53. The van der Waals surface area contributed by atoms with E-state index in [1.807, 2.05) is 6.92 Å².